The lowest BCUT2D eigenvalue weighted by Crippen LogP contribution is -2.37. The number of nitro benzene ring substituents is 1. The van der Waals surface area contributed by atoms with Gasteiger partial charge in [0.05, 0.1) is 16.1 Å². The summed E-state index contributed by atoms with van der Waals surface area (Å²) in [7, 11) is 0. The fraction of sp³-hybridized carbons (Fsp3) is 0.125. The SMILES string of the molecule is O=C1c2ccc([N+](=O)[O-])cc2C(=O)N1C(C[N+](=O)[O-])c1ccccc1. The van der Waals surface area contributed by atoms with Crippen LogP contribution < -0.4 is 0 Å². The standard InChI is InChI=1S/C16H11N3O6/c20-15-12-7-6-11(19(24)25)8-13(12)16(21)18(15)14(9-17(22)23)10-4-2-1-3-5-10/h1-8,14H,9H2. The predicted octanol–water partition coefficient (Wildman–Crippen LogP) is 2.21. The van der Waals surface area contributed by atoms with E-state index in [1.165, 1.54) is 6.07 Å². The molecule has 1 heterocycles. The molecule has 0 aromatic heterocycles. The number of rotatable bonds is 5. The molecular formula is C16H11N3O6. The van der Waals surface area contributed by atoms with Gasteiger partial charge in [0, 0.05) is 17.1 Å². The summed E-state index contributed by atoms with van der Waals surface area (Å²) in [4.78, 5) is 46.7. The van der Waals surface area contributed by atoms with Crippen molar-refractivity contribution in [2.24, 2.45) is 0 Å². The van der Waals surface area contributed by atoms with Gasteiger partial charge < -0.3 is 0 Å². The summed E-state index contributed by atoms with van der Waals surface area (Å²) in [6.07, 6.45) is 0. The number of nitro groups is 2. The van der Waals surface area contributed by atoms with Gasteiger partial charge in [-0.05, 0) is 11.6 Å². The zero-order valence-electron chi connectivity index (χ0n) is 12.7. The molecule has 0 fully saturated rings. The predicted molar refractivity (Wildman–Crippen MR) is 84.6 cm³/mol. The van der Waals surface area contributed by atoms with Crippen molar-refractivity contribution in [3.8, 4) is 0 Å². The van der Waals surface area contributed by atoms with Crippen molar-refractivity contribution in [1.82, 2.24) is 4.90 Å². The van der Waals surface area contributed by atoms with Gasteiger partial charge >= 0.3 is 0 Å². The largest absolute Gasteiger partial charge is 0.270 e. The molecule has 9 heteroatoms. The number of carbonyl (C=O) groups excluding carboxylic acids is 2. The molecule has 0 bridgehead atoms. The van der Waals surface area contributed by atoms with Crippen LogP contribution in [0.25, 0.3) is 0 Å². The van der Waals surface area contributed by atoms with Crippen LogP contribution in [0.15, 0.2) is 48.5 Å². The number of imide groups is 1. The first-order valence-electron chi connectivity index (χ1n) is 7.23. The Morgan fingerprint density at radius 1 is 0.920 bits per heavy atom. The molecule has 1 aliphatic heterocycles. The number of carbonyl (C=O) groups is 2. The number of nitrogens with zero attached hydrogens (tertiary/aromatic N) is 3. The van der Waals surface area contributed by atoms with E-state index in [1.54, 1.807) is 30.3 Å². The van der Waals surface area contributed by atoms with Crippen molar-refractivity contribution in [2.45, 2.75) is 6.04 Å². The Morgan fingerprint density at radius 2 is 1.56 bits per heavy atom. The molecule has 126 valence electrons. The summed E-state index contributed by atoms with van der Waals surface area (Å²) in [6.45, 7) is -0.655. The maximum Gasteiger partial charge on any atom is 0.270 e. The van der Waals surface area contributed by atoms with E-state index < -0.39 is 34.2 Å². The molecule has 0 saturated heterocycles. The highest BCUT2D eigenvalue weighted by atomic mass is 16.6. The van der Waals surface area contributed by atoms with Crippen molar-refractivity contribution >= 4 is 17.5 Å². The third-order valence-corrected chi connectivity index (χ3v) is 3.93. The van der Waals surface area contributed by atoms with Gasteiger partial charge in [0.25, 0.3) is 17.5 Å². The van der Waals surface area contributed by atoms with Gasteiger partial charge in [-0.3, -0.25) is 34.7 Å². The average Bonchev–Trinajstić information content (AvgIpc) is 2.84. The number of non-ortho nitro benzene ring substituents is 1. The summed E-state index contributed by atoms with van der Waals surface area (Å²) in [5.41, 5.74) is -0.0150. The lowest BCUT2D eigenvalue weighted by Gasteiger charge is -2.23. The zero-order chi connectivity index (χ0) is 18.1. The minimum absolute atomic E-state index is 0.000112. The van der Waals surface area contributed by atoms with Crippen molar-refractivity contribution in [3.05, 3.63) is 85.4 Å². The van der Waals surface area contributed by atoms with Gasteiger partial charge in [0.15, 0.2) is 0 Å². The van der Waals surface area contributed by atoms with Crippen LogP contribution in [-0.2, 0) is 0 Å². The molecule has 25 heavy (non-hydrogen) atoms. The lowest BCUT2D eigenvalue weighted by atomic mass is 10.1. The molecule has 0 saturated carbocycles. The second kappa shape index (κ2) is 6.11. The molecule has 1 atom stereocenters. The summed E-state index contributed by atoms with van der Waals surface area (Å²) in [5, 5.41) is 21.9. The van der Waals surface area contributed by atoms with Gasteiger partial charge in [0.1, 0.15) is 6.04 Å². The summed E-state index contributed by atoms with van der Waals surface area (Å²) in [6, 6.07) is 10.4. The van der Waals surface area contributed by atoms with Crippen LogP contribution in [0.3, 0.4) is 0 Å². The minimum atomic E-state index is -1.09. The Kier molecular flexibility index (Phi) is 3.97. The highest BCUT2D eigenvalue weighted by Gasteiger charge is 2.43. The van der Waals surface area contributed by atoms with Gasteiger partial charge in [0.2, 0.25) is 6.54 Å². The maximum absolute atomic E-state index is 12.6. The van der Waals surface area contributed by atoms with Gasteiger partial charge in [-0.15, -0.1) is 0 Å². The van der Waals surface area contributed by atoms with Crippen LogP contribution in [0.1, 0.15) is 32.3 Å². The van der Waals surface area contributed by atoms with E-state index in [9.17, 15) is 29.8 Å². The molecular weight excluding hydrogens is 330 g/mol. The monoisotopic (exact) mass is 341 g/mol. The molecule has 0 radical (unpaired) electrons. The highest BCUT2D eigenvalue weighted by molar-refractivity contribution is 6.21. The smallest absolute Gasteiger partial charge is 0.269 e. The first-order valence-corrected chi connectivity index (χ1v) is 7.23. The van der Waals surface area contributed by atoms with E-state index in [1.807, 2.05) is 0 Å². The molecule has 1 aliphatic rings. The van der Waals surface area contributed by atoms with Crippen LogP contribution in [0.4, 0.5) is 5.69 Å². The Balaban J connectivity index is 2.06. The van der Waals surface area contributed by atoms with Crippen LogP contribution in [-0.4, -0.2) is 33.1 Å². The van der Waals surface area contributed by atoms with E-state index in [4.69, 9.17) is 0 Å². The molecule has 3 rings (SSSR count). The Morgan fingerprint density at radius 3 is 2.16 bits per heavy atom. The molecule has 0 aliphatic carbocycles. The zero-order valence-corrected chi connectivity index (χ0v) is 12.7. The van der Waals surface area contributed by atoms with Crippen molar-refractivity contribution in [2.75, 3.05) is 6.54 Å². The van der Waals surface area contributed by atoms with Crippen LogP contribution in [0.2, 0.25) is 0 Å². The summed E-state index contributed by atoms with van der Waals surface area (Å²) >= 11 is 0. The second-order valence-electron chi connectivity index (χ2n) is 5.41. The van der Waals surface area contributed by atoms with E-state index in [2.05, 4.69) is 0 Å². The third-order valence-electron chi connectivity index (χ3n) is 3.93. The van der Waals surface area contributed by atoms with Gasteiger partial charge in [-0.1, -0.05) is 30.3 Å². The first kappa shape index (κ1) is 16.2. The topological polar surface area (TPSA) is 124 Å². The van der Waals surface area contributed by atoms with Gasteiger partial charge in [-0.25, -0.2) is 0 Å². The minimum Gasteiger partial charge on any atom is -0.269 e. The van der Waals surface area contributed by atoms with Crippen molar-refractivity contribution < 1.29 is 19.4 Å². The molecule has 2 aromatic carbocycles. The fourth-order valence-electron chi connectivity index (χ4n) is 2.80. The van der Waals surface area contributed by atoms with Crippen LogP contribution in [0.5, 0.6) is 0 Å². The van der Waals surface area contributed by atoms with Crippen LogP contribution in [0, 0.1) is 20.2 Å². The molecule has 0 spiro atoms. The Labute approximate surface area is 140 Å². The highest BCUT2D eigenvalue weighted by Crippen LogP contribution is 2.33. The van der Waals surface area contributed by atoms with E-state index >= 15 is 0 Å². The second-order valence-corrected chi connectivity index (χ2v) is 5.41. The summed E-state index contributed by atoms with van der Waals surface area (Å²) in [5.74, 6) is -1.48. The maximum atomic E-state index is 12.6. The lowest BCUT2D eigenvalue weighted by molar-refractivity contribution is -0.486. The van der Waals surface area contributed by atoms with Crippen LogP contribution >= 0.6 is 0 Å². The number of amides is 2. The normalized spacial score (nSPS) is 14.3. The summed E-state index contributed by atoms with van der Waals surface area (Å²) < 4.78 is 0. The van der Waals surface area contributed by atoms with E-state index in [0.717, 1.165) is 17.0 Å². The number of fused-ring (bicyclic) bond motifs is 1. The third kappa shape index (κ3) is 2.82. The molecule has 2 amide bonds. The molecule has 0 N–H and O–H groups in total. The fourth-order valence-corrected chi connectivity index (χ4v) is 2.80. The van der Waals surface area contributed by atoms with Crippen molar-refractivity contribution in [3.63, 3.8) is 0 Å². The number of hydrogen-bond acceptors (Lipinski definition) is 6. The molecule has 9 nitrogen and oxygen atoms in total. The van der Waals surface area contributed by atoms with E-state index in [0.29, 0.717) is 5.56 Å². The Bertz CT molecular complexity index is 896. The quantitative estimate of drug-likeness (QED) is 0.466. The van der Waals surface area contributed by atoms with Gasteiger partial charge in [-0.2, -0.15) is 0 Å². The van der Waals surface area contributed by atoms with E-state index in [-0.39, 0.29) is 16.8 Å². The number of hydrogen-bond donors (Lipinski definition) is 0. The first-order chi connectivity index (χ1) is 11.9. The Hall–Kier alpha value is -3.62. The average molecular weight is 341 g/mol. The molecule has 2 aromatic rings. The number of benzene rings is 2. The molecule has 1 unspecified atom stereocenters. The van der Waals surface area contributed by atoms with Crippen molar-refractivity contribution in [1.29, 1.82) is 0 Å².